The third-order valence-electron chi connectivity index (χ3n) is 3.48. The van der Waals surface area contributed by atoms with Gasteiger partial charge in [0.25, 0.3) is 0 Å². The van der Waals surface area contributed by atoms with Crippen LogP contribution in [-0.4, -0.2) is 16.7 Å². The molecular formula is C10H15NO2. The first-order valence-corrected chi connectivity index (χ1v) is 5.04. The number of Topliss-reactive ketones (excluding diaryl/α,β-unsaturated/α-hetero) is 1. The molecule has 0 saturated heterocycles. The number of carbonyl (C=O) groups excluding carboxylic acids is 1. The summed E-state index contributed by atoms with van der Waals surface area (Å²) in [5.74, 6) is 0.309. The van der Waals surface area contributed by atoms with Gasteiger partial charge in [0.15, 0.2) is 0 Å². The number of hydrogen-bond donors (Lipinski definition) is 1. The van der Waals surface area contributed by atoms with Gasteiger partial charge >= 0.3 is 0 Å². The van der Waals surface area contributed by atoms with Crippen molar-refractivity contribution in [1.29, 1.82) is 0 Å². The van der Waals surface area contributed by atoms with E-state index in [2.05, 4.69) is 5.16 Å². The van der Waals surface area contributed by atoms with E-state index in [9.17, 15) is 4.79 Å². The van der Waals surface area contributed by atoms with Crippen molar-refractivity contribution in [2.45, 2.75) is 44.9 Å². The van der Waals surface area contributed by atoms with Crippen LogP contribution >= 0.6 is 0 Å². The van der Waals surface area contributed by atoms with Gasteiger partial charge in [-0.25, -0.2) is 0 Å². The molecular weight excluding hydrogens is 166 g/mol. The van der Waals surface area contributed by atoms with E-state index in [-0.39, 0.29) is 5.41 Å². The van der Waals surface area contributed by atoms with Crippen molar-refractivity contribution >= 4 is 11.5 Å². The molecule has 0 radical (unpaired) electrons. The number of oxime groups is 1. The maximum Gasteiger partial charge on any atom is 0.144 e. The number of nitrogens with zero attached hydrogens (tertiary/aromatic N) is 1. The maximum absolute atomic E-state index is 11.8. The Morgan fingerprint density at radius 3 is 2.62 bits per heavy atom. The van der Waals surface area contributed by atoms with Crippen LogP contribution in [0.3, 0.4) is 0 Å². The van der Waals surface area contributed by atoms with Gasteiger partial charge in [0.2, 0.25) is 0 Å². The second-order valence-electron chi connectivity index (χ2n) is 4.11. The minimum atomic E-state index is -0.340. The van der Waals surface area contributed by atoms with Gasteiger partial charge in [0.05, 0.1) is 11.1 Å². The Labute approximate surface area is 77.8 Å². The SMILES string of the molecule is O=C1CCCC[C@@]12CCC/C2=N/O. The molecule has 0 unspecified atom stereocenters. The van der Waals surface area contributed by atoms with Gasteiger partial charge < -0.3 is 5.21 Å². The van der Waals surface area contributed by atoms with Crippen LogP contribution in [0, 0.1) is 5.41 Å². The monoisotopic (exact) mass is 181 g/mol. The van der Waals surface area contributed by atoms with Crippen LogP contribution in [-0.2, 0) is 4.79 Å². The van der Waals surface area contributed by atoms with Crippen LogP contribution in [0.15, 0.2) is 5.16 Å². The zero-order valence-electron chi connectivity index (χ0n) is 7.75. The molecule has 1 N–H and O–H groups in total. The van der Waals surface area contributed by atoms with Crippen LogP contribution in [0.25, 0.3) is 0 Å². The number of hydrogen-bond acceptors (Lipinski definition) is 3. The molecule has 72 valence electrons. The fourth-order valence-electron chi connectivity index (χ4n) is 2.75. The van der Waals surface area contributed by atoms with Crippen molar-refractivity contribution in [1.82, 2.24) is 0 Å². The second kappa shape index (κ2) is 3.13. The van der Waals surface area contributed by atoms with Crippen LogP contribution in [0.2, 0.25) is 0 Å². The van der Waals surface area contributed by atoms with E-state index in [1.54, 1.807) is 0 Å². The molecule has 0 aromatic rings. The maximum atomic E-state index is 11.8. The molecule has 2 aliphatic rings. The minimum Gasteiger partial charge on any atom is -0.411 e. The lowest BCUT2D eigenvalue weighted by atomic mass is 9.71. The van der Waals surface area contributed by atoms with Gasteiger partial charge in [0, 0.05) is 6.42 Å². The van der Waals surface area contributed by atoms with E-state index < -0.39 is 0 Å². The molecule has 2 rings (SSSR count). The Morgan fingerprint density at radius 1 is 1.15 bits per heavy atom. The topological polar surface area (TPSA) is 49.7 Å². The van der Waals surface area contributed by atoms with E-state index in [1.165, 1.54) is 0 Å². The van der Waals surface area contributed by atoms with Crippen LogP contribution in [0.5, 0.6) is 0 Å². The lowest BCUT2D eigenvalue weighted by Gasteiger charge is -2.31. The van der Waals surface area contributed by atoms with Crippen molar-refractivity contribution < 1.29 is 10.0 Å². The lowest BCUT2D eigenvalue weighted by molar-refractivity contribution is -0.127. The highest BCUT2D eigenvalue weighted by Gasteiger charge is 2.47. The quantitative estimate of drug-likeness (QED) is 0.459. The summed E-state index contributed by atoms with van der Waals surface area (Å²) in [4.78, 5) is 11.8. The normalized spacial score (nSPS) is 37.5. The predicted octanol–water partition coefficient (Wildman–Crippen LogP) is 2.13. The summed E-state index contributed by atoms with van der Waals surface area (Å²) < 4.78 is 0. The first-order valence-electron chi connectivity index (χ1n) is 5.04. The fourth-order valence-corrected chi connectivity index (χ4v) is 2.75. The molecule has 2 fully saturated rings. The zero-order chi connectivity index (χ0) is 9.31. The molecule has 0 aliphatic heterocycles. The first kappa shape index (κ1) is 8.73. The molecule has 1 spiro atoms. The molecule has 0 bridgehead atoms. The van der Waals surface area contributed by atoms with Crippen molar-refractivity contribution in [3.8, 4) is 0 Å². The van der Waals surface area contributed by atoms with Gasteiger partial charge in [0.1, 0.15) is 5.78 Å². The van der Waals surface area contributed by atoms with Crippen LogP contribution in [0.1, 0.15) is 44.9 Å². The molecule has 2 aliphatic carbocycles. The zero-order valence-corrected chi connectivity index (χ0v) is 7.75. The average molecular weight is 181 g/mol. The fraction of sp³-hybridized carbons (Fsp3) is 0.800. The summed E-state index contributed by atoms with van der Waals surface area (Å²) in [6.45, 7) is 0. The molecule has 1 atom stereocenters. The van der Waals surface area contributed by atoms with Crippen molar-refractivity contribution in [2.75, 3.05) is 0 Å². The second-order valence-corrected chi connectivity index (χ2v) is 4.11. The number of carbonyl (C=O) groups is 1. The van der Waals surface area contributed by atoms with Crippen molar-refractivity contribution in [3.63, 3.8) is 0 Å². The van der Waals surface area contributed by atoms with Gasteiger partial charge in [-0.2, -0.15) is 0 Å². The third-order valence-corrected chi connectivity index (χ3v) is 3.48. The van der Waals surface area contributed by atoms with Gasteiger partial charge in [-0.1, -0.05) is 11.6 Å². The lowest BCUT2D eigenvalue weighted by Crippen LogP contribution is -2.37. The summed E-state index contributed by atoms with van der Waals surface area (Å²) in [5, 5.41) is 12.1. The number of rotatable bonds is 0. The summed E-state index contributed by atoms with van der Waals surface area (Å²) in [5.41, 5.74) is 0.407. The van der Waals surface area contributed by atoms with E-state index in [1.807, 2.05) is 0 Å². The minimum absolute atomic E-state index is 0.309. The first-order chi connectivity index (χ1) is 6.29. The van der Waals surface area contributed by atoms with Gasteiger partial charge in [-0.05, 0) is 32.1 Å². The van der Waals surface area contributed by atoms with Gasteiger partial charge in [-0.3, -0.25) is 4.79 Å². The largest absolute Gasteiger partial charge is 0.411 e. The van der Waals surface area contributed by atoms with Crippen LogP contribution < -0.4 is 0 Å². The molecule has 0 aromatic carbocycles. The summed E-state index contributed by atoms with van der Waals surface area (Å²) in [6, 6.07) is 0. The summed E-state index contributed by atoms with van der Waals surface area (Å²) in [6.07, 6.45) is 6.42. The van der Waals surface area contributed by atoms with E-state index in [0.717, 1.165) is 44.2 Å². The average Bonchev–Trinajstić information content (AvgIpc) is 2.55. The summed E-state index contributed by atoms with van der Waals surface area (Å²) in [7, 11) is 0. The van der Waals surface area contributed by atoms with Gasteiger partial charge in [-0.15, -0.1) is 0 Å². The Balaban J connectivity index is 2.30. The Kier molecular flexibility index (Phi) is 2.10. The highest BCUT2D eigenvalue weighted by atomic mass is 16.4. The standard InChI is InChI=1S/C10H15NO2/c12-9-5-1-2-6-10(9)7-3-4-8(10)11-13/h13H,1-7H2/b11-8-/t10-/m0/s1. The third kappa shape index (κ3) is 1.18. The summed E-state index contributed by atoms with van der Waals surface area (Å²) >= 11 is 0. The number of ketones is 1. The van der Waals surface area contributed by atoms with Crippen LogP contribution in [0.4, 0.5) is 0 Å². The molecule has 3 nitrogen and oxygen atoms in total. The molecule has 2 saturated carbocycles. The smallest absolute Gasteiger partial charge is 0.144 e. The highest BCUT2D eigenvalue weighted by Crippen LogP contribution is 2.44. The Morgan fingerprint density at radius 2 is 1.92 bits per heavy atom. The molecule has 3 heteroatoms. The highest BCUT2D eigenvalue weighted by molar-refractivity contribution is 6.10. The molecule has 0 heterocycles. The van der Waals surface area contributed by atoms with E-state index in [4.69, 9.17) is 5.21 Å². The predicted molar refractivity (Wildman–Crippen MR) is 49.0 cm³/mol. The Hall–Kier alpha value is -0.860. The molecule has 0 amide bonds. The van der Waals surface area contributed by atoms with Crippen molar-refractivity contribution in [3.05, 3.63) is 0 Å². The Bertz CT molecular complexity index is 260. The van der Waals surface area contributed by atoms with Crippen molar-refractivity contribution in [2.24, 2.45) is 10.6 Å². The molecule has 0 aromatic heterocycles. The van der Waals surface area contributed by atoms with E-state index >= 15 is 0 Å². The van der Waals surface area contributed by atoms with E-state index in [0.29, 0.717) is 12.2 Å². The molecule has 13 heavy (non-hydrogen) atoms.